The highest BCUT2D eigenvalue weighted by molar-refractivity contribution is 7.99. The highest BCUT2D eigenvalue weighted by atomic mass is 35.5. The number of aromatic amines is 1. The van der Waals surface area contributed by atoms with Gasteiger partial charge in [-0.2, -0.15) is 0 Å². The number of benzene rings is 1. The number of carbonyl (C=O) groups excluding carboxylic acids is 2. The summed E-state index contributed by atoms with van der Waals surface area (Å²) in [6.45, 7) is 1.69. The standard InChI is InChI=1S/C14H13ClN4O3S/c1-8-6-11(20)17-14(16-8)23-7-12(21)18-19-13(22)9-2-4-10(15)5-3-9/h2-6H,7H2,1H3,(H,18,21)(H,19,22)(H,16,17,20). The Morgan fingerprint density at radius 3 is 2.61 bits per heavy atom. The SMILES string of the molecule is Cc1cc(=O)[nH]c(SCC(=O)NNC(=O)c2ccc(Cl)cc2)n1. The molecule has 0 bridgehead atoms. The minimum atomic E-state index is -0.456. The molecular weight excluding hydrogens is 340 g/mol. The molecular formula is C14H13ClN4O3S. The zero-order valence-corrected chi connectivity index (χ0v) is 13.6. The molecule has 0 spiro atoms. The summed E-state index contributed by atoms with van der Waals surface area (Å²) < 4.78 is 0. The molecule has 120 valence electrons. The lowest BCUT2D eigenvalue weighted by Gasteiger charge is -2.07. The maximum Gasteiger partial charge on any atom is 0.269 e. The van der Waals surface area contributed by atoms with Crippen LogP contribution in [0.25, 0.3) is 0 Å². The molecule has 23 heavy (non-hydrogen) atoms. The van der Waals surface area contributed by atoms with Crippen LogP contribution in [0.5, 0.6) is 0 Å². The number of thioether (sulfide) groups is 1. The predicted octanol–water partition coefficient (Wildman–Crippen LogP) is 1.29. The van der Waals surface area contributed by atoms with Crippen LogP contribution in [-0.4, -0.2) is 27.5 Å². The molecule has 2 aromatic rings. The van der Waals surface area contributed by atoms with Crippen LogP contribution >= 0.6 is 23.4 Å². The number of hydrogen-bond donors (Lipinski definition) is 3. The van der Waals surface area contributed by atoms with Crippen LogP contribution in [0.15, 0.2) is 40.3 Å². The maximum atomic E-state index is 11.8. The van der Waals surface area contributed by atoms with E-state index in [0.29, 0.717) is 21.4 Å². The molecule has 7 nitrogen and oxygen atoms in total. The maximum absolute atomic E-state index is 11.8. The van der Waals surface area contributed by atoms with Gasteiger partial charge in [0, 0.05) is 22.3 Å². The number of rotatable bonds is 4. The Kier molecular flexibility index (Phi) is 5.78. The smallest absolute Gasteiger partial charge is 0.269 e. The number of hydrogen-bond acceptors (Lipinski definition) is 5. The minimum Gasteiger partial charge on any atom is -0.301 e. The van der Waals surface area contributed by atoms with Crippen molar-refractivity contribution in [1.82, 2.24) is 20.8 Å². The van der Waals surface area contributed by atoms with Crippen molar-refractivity contribution in [3.05, 3.63) is 57.0 Å². The van der Waals surface area contributed by atoms with Crippen LogP contribution in [0, 0.1) is 6.92 Å². The molecule has 0 unspecified atom stereocenters. The number of halogens is 1. The van der Waals surface area contributed by atoms with Gasteiger partial charge in [-0.15, -0.1) is 0 Å². The van der Waals surface area contributed by atoms with Gasteiger partial charge in [0.1, 0.15) is 0 Å². The Hall–Kier alpha value is -2.32. The van der Waals surface area contributed by atoms with Crippen molar-refractivity contribution in [1.29, 1.82) is 0 Å². The molecule has 2 amide bonds. The van der Waals surface area contributed by atoms with Gasteiger partial charge in [0.15, 0.2) is 5.16 Å². The Bertz CT molecular complexity index is 776. The van der Waals surface area contributed by atoms with Gasteiger partial charge in [0.05, 0.1) is 5.75 Å². The Morgan fingerprint density at radius 1 is 1.26 bits per heavy atom. The van der Waals surface area contributed by atoms with E-state index >= 15 is 0 Å². The van der Waals surface area contributed by atoms with E-state index in [0.717, 1.165) is 11.8 Å². The third-order valence-electron chi connectivity index (χ3n) is 2.61. The first-order valence-corrected chi connectivity index (χ1v) is 7.86. The summed E-state index contributed by atoms with van der Waals surface area (Å²) in [6.07, 6.45) is 0. The third kappa shape index (κ3) is 5.42. The lowest BCUT2D eigenvalue weighted by atomic mass is 10.2. The summed E-state index contributed by atoms with van der Waals surface area (Å²) in [4.78, 5) is 41.4. The van der Waals surface area contributed by atoms with Gasteiger partial charge in [-0.05, 0) is 31.2 Å². The summed E-state index contributed by atoms with van der Waals surface area (Å²) in [5, 5.41) is 0.857. The Labute approximate surface area is 140 Å². The molecule has 0 aliphatic carbocycles. The summed E-state index contributed by atoms with van der Waals surface area (Å²) >= 11 is 6.79. The van der Waals surface area contributed by atoms with E-state index in [2.05, 4.69) is 20.8 Å². The van der Waals surface area contributed by atoms with Crippen molar-refractivity contribution >= 4 is 35.2 Å². The minimum absolute atomic E-state index is 0.00666. The quantitative estimate of drug-likeness (QED) is 0.437. The molecule has 0 saturated heterocycles. The summed E-state index contributed by atoms with van der Waals surface area (Å²) in [5.41, 5.74) is 5.22. The van der Waals surface area contributed by atoms with Gasteiger partial charge in [-0.3, -0.25) is 25.2 Å². The van der Waals surface area contributed by atoms with Crippen LogP contribution in [0.1, 0.15) is 16.1 Å². The lowest BCUT2D eigenvalue weighted by Crippen LogP contribution is -2.42. The van der Waals surface area contributed by atoms with E-state index in [1.54, 1.807) is 31.2 Å². The van der Waals surface area contributed by atoms with Gasteiger partial charge < -0.3 is 4.98 Å². The largest absolute Gasteiger partial charge is 0.301 e. The molecule has 9 heteroatoms. The van der Waals surface area contributed by atoms with E-state index < -0.39 is 11.8 Å². The fourth-order valence-electron chi connectivity index (χ4n) is 1.59. The number of amides is 2. The summed E-state index contributed by atoms with van der Waals surface area (Å²) in [6, 6.07) is 7.60. The highest BCUT2D eigenvalue weighted by Gasteiger charge is 2.08. The molecule has 0 atom stereocenters. The average molecular weight is 353 g/mol. The number of hydrazine groups is 1. The summed E-state index contributed by atoms with van der Waals surface area (Å²) in [7, 11) is 0. The average Bonchev–Trinajstić information content (AvgIpc) is 2.50. The second-order valence-corrected chi connectivity index (χ2v) is 5.89. The van der Waals surface area contributed by atoms with Crippen molar-refractivity contribution < 1.29 is 9.59 Å². The highest BCUT2D eigenvalue weighted by Crippen LogP contribution is 2.10. The first-order chi connectivity index (χ1) is 10.9. The van der Waals surface area contributed by atoms with Crippen molar-refractivity contribution in [2.45, 2.75) is 12.1 Å². The lowest BCUT2D eigenvalue weighted by molar-refractivity contribution is -0.119. The molecule has 3 N–H and O–H groups in total. The number of carbonyl (C=O) groups is 2. The molecule has 1 aromatic carbocycles. The van der Waals surface area contributed by atoms with Gasteiger partial charge in [-0.25, -0.2) is 4.98 Å². The molecule has 0 saturated carbocycles. The van der Waals surface area contributed by atoms with E-state index in [1.807, 2.05) is 0 Å². The molecule has 1 aromatic heterocycles. The second kappa shape index (κ2) is 7.80. The van der Waals surface area contributed by atoms with Crippen molar-refractivity contribution in [2.75, 3.05) is 5.75 Å². The van der Waals surface area contributed by atoms with Crippen LogP contribution in [0.3, 0.4) is 0 Å². The van der Waals surface area contributed by atoms with E-state index in [9.17, 15) is 14.4 Å². The number of aryl methyl sites for hydroxylation is 1. The normalized spacial score (nSPS) is 10.2. The van der Waals surface area contributed by atoms with Crippen LogP contribution in [0.2, 0.25) is 5.02 Å². The van der Waals surface area contributed by atoms with Crippen molar-refractivity contribution in [3.63, 3.8) is 0 Å². The van der Waals surface area contributed by atoms with Gasteiger partial charge >= 0.3 is 0 Å². The van der Waals surface area contributed by atoms with Crippen LogP contribution < -0.4 is 16.4 Å². The zero-order chi connectivity index (χ0) is 16.8. The molecule has 0 aliphatic heterocycles. The molecule has 0 radical (unpaired) electrons. The van der Waals surface area contributed by atoms with Gasteiger partial charge in [0.2, 0.25) is 5.91 Å². The molecule has 2 rings (SSSR count). The number of nitrogens with one attached hydrogen (secondary N) is 3. The van der Waals surface area contributed by atoms with Crippen LogP contribution in [0.4, 0.5) is 0 Å². The topological polar surface area (TPSA) is 104 Å². The van der Waals surface area contributed by atoms with E-state index in [1.165, 1.54) is 6.07 Å². The zero-order valence-electron chi connectivity index (χ0n) is 12.1. The van der Waals surface area contributed by atoms with Crippen LogP contribution in [-0.2, 0) is 4.79 Å². The first kappa shape index (κ1) is 17.0. The Morgan fingerprint density at radius 2 is 1.96 bits per heavy atom. The van der Waals surface area contributed by atoms with Gasteiger partial charge in [0.25, 0.3) is 11.5 Å². The van der Waals surface area contributed by atoms with Gasteiger partial charge in [-0.1, -0.05) is 23.4 Å². The summed E-state index contributed by atoms with van der Waals surface area (Å²) in [5.74, 6) is -0.892. The number of nitrogens with zero attached hydrogens (tertiary/aromatic N) is 1. The van der Waals surface area contributed by atoms with E-state index in [4.69, 9.17) is 11.6 Å². The van der Waals surface area contributed by atoms with E-state index in [-0.39, 0.29) is 11.3 Å². The fourth-order valence-corrected chi connectivity index (χ4v) is 2.44. The molecule has 1 heterocycles. The fraction of sp³-hybridized carbons (Fsp3) is 0.143. The third-order valence-corrected chi connectivity index (χ3v) is 3.74. The predicted molar refractivity (Wildman–Crippen MR) is 87.4 cm³/mol. The monoisotopic (exact) mass is 352 g/mol. The number of aromatic nitrogens is 2. The number of H-pyrrole nitrogens is 1. The first-order valence-electron chi connectivity index (χ1n) is 6.49. The Balaban J connectivity index is 1.82. The second-order valence-electron chi connectivity index (χ2n) is 4.49. The molecule has 0 aliphatic rings. The van der Waals surface area contributed by atoms with Crippen molar-refractivity contribution in [3.8, 4) is 0 Å². The molecule has 0 fully saturated rings. The van der Waals surface area contributed by atoms with Crippen molar-refractivity contribution in [2.24, 2.45) is 0 Å².